The molecule has 2 aromatic rings. The summed E-state index contributed by atoms with van der Waals surface area (Å²) >= 11 is 5.66. The van der Waals surface area contributed by atoms with Gasteiger partial charge in [-0.05, 0) is 35.9 Å². The van der Waals surface area contributed by atoms with E-state index in [0.29, 0.717) is 5.15 Å². The average molecular weight is 260 g/mol. The lowest BCUT2D eigenvalue weighted by molar-refractivity contribution is 0.104. The highest BCUT2D eigenvalue weighted by Gasteiger charge is 2.06. The minimum atomic E-state index is -0.261. The van der Waals surface area contributed by atoms with Gasteiger partial charge in [-0.1, -0.05) is 29.8 Å². The molecule has 1 N–H and O–H groups in total. The molecule has 0 aliphatic carbocycles. The number of ketones is 1. The molecule has 1 aromatic heterocycles. The maximum atomic E-state index is 11.8. The fourth-order valence-corrected chi connectivity index (χ4v) is 1.54. The molecule has 90 valence electrons. The number of carbonyl (C=O) groups is 1. The summed E-state index contributed by atoms with van der Waals surface area (Å²) in [5.41, 5.74) is 1.04. The van der Waals surface area contributed by atoms with Crippen molar-refractivity contribution < 1.29 is 9.90 Å². The first-order valence-electron chi connectivity index (χ1n) is 5.29. The van der Waals surface area contributed by atoms with E-state index < -0.39 is 0 Å². The number of rotatable bonds is 3. The number of allylic oxidation sites excluding steroid dienone is 1. The average Bonchev–Trinajstić information content (AvgIpc) is 2.38. The maximum Gasteiger partial charge on any atom is 0.189 e. The first-order chi connectivity index (χ1) is 8.66. The van der Waals surface area contributed by atoms with Gasteiger partial charge in [-0.2, -0.15) is 0 Å². The van der Waals surface area contributed by atoms with E-state index in [1.54, 1.807) is 42.6 Å². The van der Waals surface area contributed by atoms with E-state index >= 15 is 0 Å². The highest BCUT2D eigenvalue weighted by molar-refractivity contribution is 6.29. The van der Waals surface area contributed by atoms with Crippen LogP contribution in [-0.2, 0) is 0 Å². The van der Waals surface area contributed by atoms with Crippen molar-refractivity contribution in [2.75, 3.05) is 0 Å². The number of halogens is 1. The number of benzene rings is 1. The Labute approximate surface area is 109 Å². The third-order valence-electron chi connectivity index (χ3n) is 2.35. The van der Waals surface area contributed by atoms with Crippen molar-refractivity contribution >= 4 is 23.5 Å². The fraction of sp³-hybridized carbons (Fsp3) is 0. The standard InChI is InChI=1S/C14H10ClNO2/c15-14-8-6-10(9-16-14)5-7-13(18)11-3-1-2-4-12(11)17/h1-9,17H/b7-5+. The van der Waals surface area contributed by atoms with Gasteiger partial charge in [0.2, 0.25) is 0 Å². The highest BCUT2D eigenvalue weighted by Crippen LogP contribution is 2.17. The molecule has 0 saturated heterocycles. The molecule has 0 aliphatic rings. The molecule has 0 spiro atoms. The molecule has 0 fully saturated rings. The van der Waals surface area contributed by atoms with E-state index in [1.807, 2.05) is 0 Å². The van der Waals surface area contributed by atoms with Crippen molar-refractivity contribution in [1.29, 1.82) is 0 Å². The number of aromatic hydroxyl groups is 1. The van der Waals surface area contributed by atoms with Crippen molar-refractivity contribution in [2.45, 2.75) is 0 Å². The first-order valence-corrected chi connectivity index (χ1v) is 5.66. The highest BCUT2D eigenvalue weighted by atomic mass is 35.5. The lowest BCUT2D eigenvalue weighted by Crippen LogP contribution is -1.94. The Bertz CT molecular complexity index is 591. The van der Waals surface area contributed by atoms with E-state index in [9.17, 15) is 9.90 Å². The van der Waals surface area contributed by atoms with Crippen LogP contribution < -0.4 is 0 Å². The molecule has 4 heteroatoms. The van der Waals surface area contributed by atoms with Gasteiger partial charge in [0.1, 0.15) is 10.9 Å². The molecule has 0 aliphatic heterocycles. The predicted molar refractivity (Wildman–Crippen MR) is 70.7 cm³/mol. The lowest BCUT2D eigenvalue weighted by atomic mass is 10.1. The largest absolute Gasteiger partial charge is 0.507 e. The summed E-state index contributed by atoms with van der Waals surface area (Å²) in [7, 11) is 0. The molecule has 0 unspecified atom stereocenters. The Hall–Kier alpha value is -2.13. The molecule has 0 atom stereocenters. The Balaban J connectivity index is 2.17. The number of pyridine rings is 1. The zero-order valence-corrected chi connectivity index (χ0v) is 10.1. The zero-order valence-electron chi connectivity index (χ0n) is 9.38. The van der Waals surface area contributed by atoms with Gasteiger partial charge < -0.3 is 5.11 Å². The van der Waals surface area contributed by atoms with Gasteiger partial charge in [0, 0.05) is 6.20 Å². The summed E-state index contributed by atoms with van der Waals surface area (Å²) in [4.78, 5) is 15.7. The minimum absolute atomic E-state index is 0.0265. The summed E-state index contributed by atoms with van der Waals surface area (Å²) in [6, 6.07) is 9.81. The monoisotopic (exact) mass is 259 g/mol. The SMILES string of the molecule is O=C(/C=C/c1ccc(Cl)nc1)c1ccccc1O. The number of hydrogen-bond donors (Lipinski definition) is 1. The summed E-state index contributed by atoms with van der Waals surface area (Å²) in [5, 5.41) is 9.93. The number of phenolic OH excluding ortho intramolecular Hbond substituents is 1. The van der Waals surface area contributed by atoms with Crippen molar-refractivity contribution in [3.63, 3.8) is 0 Å². The van der Waals surface area contributed by atoms with Gasteiger partial charge in [-0.25, -0.2) is 4.98 Å². The van der Waals surface area contributed by atoms with Crippen LogP contribution in [0.15, 0.2) is 48.7 Å². The van der Waals surface area contributed by atoms with Crippen molar-refractivity contribution in [1.82, 2.24) is 4.98 Å². The Morgan fingerprint density at radius 1 is 1.22 bits per heavy atom. The third-order valence-corrected chi connectivity index (χ3v) is 2.57. The third kappa shape index (κ3) is 2.96. The molecule has 0 amide bonds. The van der Waals surface area contributed by atoms with Crippen molar-refractivity contribution in [3.8, 4) is 5.75 Å². The quantitative estimate of drug-likeness (QED) is 0.522. The second-order valence-electron chi connectivity index (χ2n) is 3.63. The molecule has 0 bridgehead atoms. The van der Waals surface area contributed by atoms with Gasteiger partial charge in [0.25, 0.3) is 0 Å². The summed E-state index contributed by atoms with van der Waals surface area (Å²) in [6.07, 6.45) is 4.58. The molecule has 3 nitrogen and oxygen atoms in total. The minimum Gasteiger partial charge on any atom is -0.507 e. The second kappa shape index (κ2) is 5.47. The molecular weight excluding hydrogens is 250 g/mol. The van der Waals surface area contributed by atoms with Crippen LogP contribution in [0.5, 0.6) is 5.75 Å². The topological polar surface area (TPSA) is 50.2 Å². The van der Waals surface area contributed by atoms with Crippen LogP contribution in [0.4, 0.5) is 0 Å². The predicted octanol–water partition coefficient (Wildman–Crippen LogP) is 3.34. The maximum absolute atomic E-state index is 11.8. The Kier molecular flexibility index (Phi) is 3.75. The van der Waals surface area contributed by atoms with Gasteiger partial charge in [0.05, 0.1) is 5.56 Å². The summed E-state index contributed by atoms with van der Waals surface area (Å²) in [5.74, 6) is -0.288. The number of phenols is 1. The van der Waals surface area contributed by atoms with Crippen LogP contribution in [0, 0.1) is 0 Å². The van der Waals surface area contributed by atoms with E-state index in [4.69, 9.17) is 11.6 Å². The van der Waals surface area contributed by atoms with Crippen molar-refractivity contribution in [2.24, 2.45) is 0 Å². The van der Waals surface area contributed by atoms with Crippen LogP contribution in [0.25, 0.3) is 6.08 Å². The number of nitrogens with zero attached hydrogens (tertiary/aromatic N) is 1. The number of carbonyl (C=O) groups excluding carboxylic acids is 1. The lowest BCUT2D eigenvalue weighted by Gasteiger charge is -1.98. The summed E-state index contributed by atoms with van der Waals surface area (Å²) in [6.45, 7) is 0. The molecule has 18 heavy (non-hydrogen) atoms. The fourth-order valence-electron chi connectivity index (χ4n) is 1.43. The molecule has 1 heterocycles. The molecule has 0 saturated carbocycles. The van der Waals surface area contributed by atoms with Gasteiger partial charge in [0.15, 0.2) is 5.78 Å². The van der Waals surface area contributed by atoms with E-state index in [0.717, 1.165) is 5.56 Å². The normalized spacial score (nSPS) is 10.7. The number of hydrogen-bond acceptors (Lipinski definition) is 3. The van der Waals surface area contributed by atoms with Crippen LogP contribution in [0.2, 0.25) is 5.15 Å². The van der Waals surface area contributed by atoms with Gasteiger partial charge in [-0.15, -0.1) is 0 Å². The Morgan fingerprint density at radius 2 is 2.00 bits per heavy atom. The van der Waals surface area contributed by atoms with Crippen LogP contribution in [0.1, 0.15) is 15.9 Å². The summed E-state index contributed by atoms with van der Waals surface area (Å²) < 4.78 is 0. The van der Waals surface area contributed by atoms with E-state index in [2.05, 4.69) is 4.98 Å². The van der Waals surface area contributed by atoms with Crippen LogP contribution in [-0.4, -0.2) is 15.9 Å². The molecule has 2 rings (SSSR count). The molecule has 0 radical (unpaired) electrons. The van der Waals surface area contributed by atoms with Crippen LogP contribution >= 0.6 is 11.6 Å². The van der Waals surface area contributed by atoms with E-state index in [1.165, 1.54) is 12.1 Å². The molecule has 1 aromatic carbocycles. The smallest absolute Gasteiger partial charge is 0.189 e. The molecular formula is C14H10ClNO2. The number of aromatic nitrogens is 1. The zero-order chi connectivity index (χ0) is 13.0. The first kappa shape index (κ1) is 12.3. The van der Waals surface area contributed by atoms with Gasteiger partial charge in [-0.3, -0.25) is 4.79 Å². The van der Waals surface area contributed by atoms with Crippen LogP contribution in [0.3, 0.4) is 0 Å². The second-order valence-corrected chi connectivity index (χ2v) is 4.02. The van der Waals surface area contributed by atoms with Crippen molar-refractivity contribution in [3.05, 3.63) is 65.0 Å². The van der Waals surface area contributed by atoms with Gasteiger partial charge >= 0.3 is 0 Å². The number of para-hydroxylation sites is 1. The van der Waals surface area contributed by atoms with E-state index in [-0.39, 0.29) is 17.1 Å². The Morgan fingerprint density at radius 3 is 2.67 bits per heavy atom.